The summed E-state index contributed by atoms with van der Waals surface area (Å²) in [7, 11) is 0. The Morgan fingerprint density at radius 1 is 1.29 bits per heavy atom. The van der Waals surface area contributed by atoms with Crippen molar-refractivity contribution in [2.75, 3.05) is 0 Å². The van der Waals surface area contributed by atoms with Crippen LogP contribution in [0.1, 0.15) is 24.8 Å². The van der Waals surface area contributed by atoms with Crippen molar-refractivity contribution in [3.05, 3.63) is 29.1 Å². The first-order valence-electron chi connectivity index (χ1n) is 4.96. The average Bonchev–Trinajstić information content (AvgIpc) is 2.95. The third-order valence-electron chi connectivity index (χ3n) is 3.02. The molecule has 0 amide bonds. The van der Waals surface area contributed by atoms with Crippen LogP contribution in [0.2, 0.25) is 0 Å². The molecule has 0 saturated heterocycles. The fourth-order valence-corrected chi connectivity index (χ4v) is 2.03. The summed E-state index contributed by atoms with van der Waals surface area (Å²) in [5.74, 6) is -6.28. The normalized spacial score (nSPS) is 16.9. The van der Waals surface area contributed by atoms with E-state index in [1.807, 2.05) is 0 Å². The first-order chi connectivity index (χ1) is 7.87. The number of rotatable bonds is 3. The topological polar surface area (TPSA) is 57.5 Å². The molecule has 92 valence electrons. The average molecular weight is 246 g/mol. The molecule has 2 rings (SSSR count). The summed E-state index contributed by atoms with van der Waals surface area (Å²) in [6, 6.07) is 0.241. The number of carboxylic acid groups (broad SMARTS) is 1. The number of halogens is 3. The lowest BCUT2D eigenvalue weighted by atomic mass is 9.90. The minimum absolute atomic E-state index is 0.241. The Hall–Kier alpha value is -1.72. The molecule has 1 fully saturated rings. The number of phenolic OH excluding ortho intramolecular Hbond substituents is 1. The Balaban J connectivity index is 2.55. The van der Waals surface area contributed by atoms with Crippen LogP contribution in [0.4, 0.5) is 13.2 Å². The highest BCUT2D eigenvalue weighted by Gasteiger charge is 2.50. The van der Waals surface area contributed by atoms with E-state index in [0.717, 1.165) is 0 Å². The summed E-state index contributed by atoms with van der Waals surface area (Å²) in [4.78, 5) is 10.6. The maximum Gasteiger partial charge on any atom is 0.304 e. The molecule has 1 aliphatic rings. The number of aliphatic carboxylic acids is 1. The molecule has 17 heavy (non-hydrogen) atoms. The van der Waals surface area contributed by atoms with Gasteiger partial charge in [-0.2, -0.15) is 0 Å². The van der Waals surface area contributed by atoms with Crippen molar-refractivity contribution < 1.29 is 28.2 Å². The van der Waals surface area contributed by atoms with Crippen LogP contribution in [0.3, 0.4) is 0 Å². The molecule has 0 aliphatic heterocycles. The van der Waals surface area contributed by atoms with Gasteiger partial charge in [0.2, 0.25) is 0 Å². The van der Waals surface area contributed by atoms with Gasteiger partial charge >= 0.3 is 5.97 Å². The van der Waals surface area contributed by atoms with E-state index in [2.05, 4.69) is 0 Å². The molecule has 0 bridgehead atoms. The summed E-state index contributed by atoms with van der Waals surface area (Å²) in [5.41, 5.74) is -1.74. The Bertz CT molecular complexity index is 469. The number of benzene rings is 1. The van der Waals surface area contributed by atoms with Gasteiger partial charge in [0.1, 0.15) is 0 Å². The number of aromatic hydroxyl groups is 1. The Labute approximate surface area is 94.5 Å². The molecule has 0 unspecified atom stereocenters. The molecule has 0 atom stereocenters. The largest absolute Gasteiger partial charge is 0.505 e. The van der Waals surface area contributed by atoms with Gasteiger partial charge in [-0.3, -0.25) is 4.79 Å². The number of carbonyl (C=O) groups is 1. The monoisotopic (exact) mass is 246 g/mol. The number of carboxylic acids is 1. The molecular weight excluding hydrogens is 237 g/mol. The second-order valence-electron chi connectivity index (χ2n) is 4.23. The molecule has 0 spiro atoms. The molecule has 2 N–H and O–H groups in total. The van der Waals surface area contributed by atoms with E-state index in [0.29, 0.717) is 0 Å². The second-order valence-corrected chi connectivity index (χ2v) is 4.23. The van der Waals surface area contributed by atoms with Crippen molar-refractivity contribution in [3.63, 3.8) is 0 Å². The van der Waals surface area contributed by atoms with E-state index in [1.54, 1.807) is 0 Å². The van der Waals surface area contributed by atoms with Crippen molar-refractivity contribution in [1.82, 2.24) is 0 Å². The van der Waals surface area contributed by atoms with Crippen LogP contribution < -0.4 is 0 Å². The van der Waals surface area contributed by atoms with Gasteiger partial charge in [-0.05, 0) is 12.8 Å². The molecule has 0 aromatic heterocycles. The predicted molar refractivity (Wildman–Crippen MR) is 51.1 cm³/mol. The highest BCUT2D eigenvalue weighted by molar-refractivity contribution is 5.70. The smallest absolute Gasteiger partial charge is 0.304 e. The van der Waals surface area contributed by atoms with E-state index in [9.17, 15) is 23.1 Å². The SMILES string of the molecule is O=C(O)CC1(c2c(O)c(F)cc(F)c2F)CC1. The lowest BCUT2D eigenvalue weighted by Crippen LogP contribution is -2.16. The number of hydrogen-bond acceptors (Lipinski definition) is 2. The van der Waals surface area contributed by atoms with Crippen LogP contribution in [0.25, 0.3) is 0 Å². The molecule has 3 nitrogen and oxygen atoms in total. The summed E-state index contributed by atoms with van der Waals surface area (Å²) in [5, 5.41) is 18.1. The minimum atomic E-state index is -1.42. The standard InChI is InChI=1S/C11H9F3O3/c12-5-3-6(13)10(17)8(9(5)14)11(1-2-11)4-7(15)16/h3,17H,1-2,4H2,(H,15,16). The fourth-order valence-electron chi connectivity index (χ4n) is 2.03. The summed E-state index contributed by atoms with van der Waals surface area (Å²) in [6.45, 7) is 0. The minimum Gasteiger partial charge on any atom is -0.505 e. The maximum atomic E-state index is 13.5. The lowest BCUT2D eigenvalue weighted by Gasteiger charge is -2.16. The fraction of sp³-hybridized carbons (Fsp3) is 0.364. The molecule has 6 heteroatoms. The van der Waals surface area contributed by atoms with Gasteiger partial charge in [0, 0.05) is 17.0 Å². The van der Waals surface area contributed by atoms with Gasteiger partial charge in [0.15, 0.2) is 23.2 Å². The van der Waals surface area contributed by atoms with Crippen LogP contribution in [-0.2, 0) is 10.2 Å². The van der Waals surface area contributed by atoms with Gasteiger partial charge < -0.3 is 10.2 Å². The molecule has 1 saturated carbocycles. The van der Waals surface area contributed by atoms with Gasteiger partial charge in [0.05, 0.1) is 6.42 Å². The van der Waals surface area contributed by atoms with E-state index in [4.69, 9.17) is 5.11 Å². The van der Waals surface area contributed by atoms with Gasteiger partial charge in [-0.15, -0.1) is 0 Å². The third kappa shape index (κ3) is 1.83. The molecule has 0 heterocycles. The number of hydrogen-bond donors (Lipinski definition) is 2. The highest BCUT2D eigenvalue weighted by atomic mass is 19.2. The zero-order valence-corrected chi connectivity index (χ0v) is 8.64. The first kappa shape index (κ1) is 11.8. The van der Waals surface area contributed by atoms with Crippen LogP contribution in [0.5, 0.6) is 5.75 Å². The quantitative estimate of drug-likeness (QED) is 0.804. The Morgan fingerprint density at radius 2 is 1.88 bits per heavy atom. The second kappa shape index (κ2) is 3.65. The van der Waals surface area contributed by atoms with Crippen molar-refractivity contribution in [2.45, 2.75) is 24.7 Å². The Morgan fingerprint density at radius 3 is 2.35 bits per heavy atom. The maximum absolute atomic E-state index is 13.5. The van der Waals surface area contributed by atoms with Gasteiger partial charge in [0.25, 0.3) is 0 Å². The van der Waals surface area contributed by atoms with E-state index >= 15 is 0 Å². The van der Waals surface area contributed by atoms with Crippen LogP contribution >= 0.6 is 0 Å². The van der Waals surface area contributed by atoms with E-state index in [-0.39, 0.29) is 18.9 Å². The van der Waals surface area contributed by atoms with E-state index in [1.165, 1.54) is 0 Å². The van der Waals surface area contributed by atoms with Crippen molar-refractivity contribution in [2.24, 2.45) is 0 Å². The number of phenols is 1. The van der Waals surface area contributed by atoms with Crippen LogP contribution in [0.15, 0.2) is 6.07 Å². The van der Waals surface area contributed by atoms with Gasteiger partial charge in [-0.1, -0.05) is 0 Å². The van der Waals surface area contributed by atoms with Crippen molar-refractivity contribution in [3.8, 4) is 5.75 Å². The predicted octanol–water partition coefficient (Wildman–Crippen LogP) is 2.32. The zero-order chi connectivity index (χ0) is 12.8. The van der Waals surface area contributed by atoms with E-state index < -0.39 is 46.6 Å². The molecule has 1 aliphatic carbocycles. The van der Waals surface area contributed by atoms with Crippen LogP contribution in [-0.4, -0.2) is 16.2 Å². The highest BCUT2D eigenvalue weighted by Crippen LogP contribution is 2.55. The first-order valence-corrected chi connectivity index (χ1v) is 4.96. The molecule has 0 radical (unpaired) electrons. The molecular formula is C11H9F3O3. The van der Waals surface area contributed by atoms with Gasteiger partial charge in [-0.25, -0.2) is 13.2 Å². The zero-order valence-electron chi connectivity index (χ0n) is 8.64. The van der Waals surface area contributed by atoms with Crippen molar-refractivity contribution in [1.29, 1.82) is 0 Å². The Kier molecular flexibility index (Phi) is 2.52. The molecule has 1 aromatic rings. The lowest BCUT2D eigenvalue weighted by molar-refractivity contribution is -0.137. The molecule has 1 aromatic carbocycles. The van der Waals surface area contributed by atoms with Crippen molar-refractivity contribution >= 4 is 5.97 Å². The third-order valence-corrected chi connectivity index (χ3v) is 3.02. The summed E-state index contributed by atoms with van der Waals surface area (Å²) >= 11 is 0. The summed E-state index contributed by atoms with van der Waals surface area (Å²) < 4.78 is 39.7. The summed E-state index contributed by atoms with van der Waals surface area (Å²) in [6.07, 6.45) is 0.111. The van der Waals surface area contributed by atoms with Crippen LogP contribution in [0, 0.1) is 17.5 Å².